The number of hydrogen-bond donors (Lipinski definition) is 3. The Bertz CT molecular complexity index is 1230. The van der Waals surface area contributed by atoms with Gasteiger partial charge >= 0.3 is 0 Å². The molecular formula is C29H41FN8O3. The molecule has 0 aromatic heterocycles. The fourth-order valence-corrected chi connectivity index (χ4v) is 5.49. The van der Waals surface area contributed by atoms with Crippen LogP contribution < -0.4 is 30.6 Å². The standard InChI is InChI=1S/C29H41FN8O3/c1-3-37-10-4-5-23(37)17-32-19-33-29(34-22-7-9-25(39-2)24(30)16-22)35-28(31)38-13-11-36(12-14-38)18-21-6-8-26-27(15-21)41-20-40-26/h6-9,15-16,23,32H,3-5,10-14,17-20H2,1-2H3,(H3,31,33,34,35). The largest absolute Gasteiger partial charge is 0.494 e. The normalized spacial score (nSPS) is 20.1. The Labute approximate surface area is 241 Å². The Morgan fingerprint density at radius 1 is 1.10 bits per heavy atom. The highest BCUT2D eigenvalue weighted by Gasteiger charge is 2.23. The van der Waals surface area contributed by atoms with Crippen molar-refractivity contribution < 1.29 is 18.6 Å². The third-order valence-corrected chi connectivity index (χ3v) is 7.79. The van der Waals surface area contributed by atoms with E-state index in [1.54, 1.807) is 12.1 Å². The van der Waals surface area contributed by atoms with Gasteiger partial charge in [-0.2, -0.15) is 4.99 Å². The third kappa shape index (κ3) is 7.57. The quantitative estimate of drug-likeness (QED) is 0.239. The number of hydrogen-bond acceptors (Lipinski definition) is 7. The topological polar surface area (TPSA) is 112 Å². The molecular weight excluding hydrogens is 527 g/mol. The lowest BCUT2D eigenvalue weighted by molar-refractivity contribution is 0.172. The first-order valence-corrected chi connectivity index (χ1v) is 14.3. The van der Waals surface area contributed by atoms with E-state index in [0.717, 1.165) is 63.9 Å². The summed E-state index contributed by atoms with van der Waals surface area (Å²) in [5, 5.41) is 6.55. The molecule has 4 N–H and O–H groups in total. The van der Waals surface area contributed by atoms with E-state index in [0.29, 0.717) is 30.3 Å². The minimum atomic E-state index is -0.466. The van der Waals surface area contributed by atoms with Gasteiger partial charge in [-0.3, -0.25) is 15.1 Å². The van der Waals surface area contributed by atoms with Gasteiger partial charge in [0.15, 0.2) is 29.0 Å². The Kier molecular flexibility index (Phi) is 9.75. The van der Waals surface area contributed by atoms with Crippen LogP contribution in [0.2, 0.25) is 0 Å². The molecule has 0 saturated carbocycles. The van der Waals surface area contributed by atoms with Crippen molar-refractivity contribution in [3.63, 3.8) is 0 Å². The molecule has 2 aromatic rings. The number of benzene rings is 2. The lowest BCUT2D eigenvalue weighted by atomic mass is 10.1. The molecule has 2 saturated heterocycles. The number of nitrogens with two attached hydrogens (primary N) is 1. The van der Waals surface area contributed by atoms with Gasteiger partial charge in [-0.15, -0.1) is 0 Å². The summed E-state index contributed by atoms with van der Waals surface area (Å²) in [5.74, 6) is 2.00. The monoisotopic (exact) mass is 568 g/mol. The van der Waals surface area contributed by atoms with Crippen LogP contribution in [0.15, 0.2) is 46.4 Å². The highest BCUT2D eigenvalue weighted by Crippen LogP contribution is 2.33. The van der Waals surface area contributed by atoms with E-state index in [9.17, 15) is 4.39 Å². The number of fused-ring (bicyclic) bond motifs is 1. The maximum atomic E-state index is 14.4. The second-order valence-corrected chi connectivity index (χ2v) is 10.4. The molecule has 1 atom stereocenters. The molecule has 1 unspecified atom stereocenters. The van der Waals surface area contributed by atoms with Crippen molar-refractivity contribution in [2.24, 2.45) is 15.7 Å². The molecule has 222 valence electrons. The zero-order valence-corrected chi connectivity index (χ0v) is 23.9. The number of aliphatic imine (C=N–C) groups is 2. The zero-order chi connectivity index (χ0) is 28.6. The van der Waals surface area contributed by atoms with Crippen LogP contribution >= 0.6 is 0 Å². The van der Waals surface area contributed by atoms with E-state index < -0.39 is 5.82 Å². The predicted molar refractivity (Wildman–Crippen MR) is 158 cm³/mol. The van der Waals surface area contributed by atoms with Crippen LogP contribution in [0.1, 0.15) is 25.3 Å². The van der Waals surface area contributed by atoms with Crippen LogP contribution in [-0.4, -0.2) is 99.0 Å². The number of nitrogens with zero attached hydrogens (tertiary/aromatic N) is 5. The van der Waals surface area contributed by atoms with Crippen molar-refractivity contribution in [2.75, 3.05) is 71.7 Å². The molecule has 0 aliphatic carbocycles. The first-order valence-electron chi connectivity index (χ1n) is 14.3. The third-order valence-electron chi connectivity index (χ3n) is 7.79. The Hall–Kier alpha value is -3.61. The second-order valence-electron chi connectivity index (χ2n) is 10.4. The molecule has 0 spiro atoms. The Balaban J connectivity index is 1.20. The van der Waals surface area contributed by atoms with Crippen molar-refractivity contribution in [3.05, 3.63) is 47.8 Å². The lowest BCUT2D eigenvalue weighted by Crippen LogP contribution is -2.51. The van der Waals surface area contributed by atoms with E-state index >= 15 is 0 Å². The number of rotatable bonds is 9. The number of nitrogens with one attached hydrogen (secondary N) is 2. The lowest BCUT2D eigenvalue weighted by Gasteiger charge is -2.35. The Morgan fingerprint density at radius 3 is 2.71 bits per heavy atom. The molecule has 2 fully saturated rings. The highest BCUT2D eigenvalue weighted by molar-refractivity contribution is 6.01. The smallest absolute Gasteiger partial charge is 0.231 e. The van der Waals surface area contributed by atoms with Crippen LogP contribution in [0.25, 0.3) is 0 Å². The fraction of sp³-hybridized carbons (Fsp3) is 0.517. The number of halogens is 1. The van der Waals surface area contributed by atoms with E-state index in [1.165, 1.54) is 31.6 Å². The van der Waals surface area contributed by atoms with Gasteiger partial charge in [0, 0.05) is 57.1 Å². The summed E-state index contributed by atoms with van der Waals surface area (Å²) in [5.41, 5.74) is 8.16. The molecule has 3 aliphatic heterocycles. The van der Waals surface area contributed by atoms with Gasteiger partial charge in [0.25, 0.3) is 0 Å². The van der Waals surface area contributed by atoms with Gasteiger partial charge in [-0.25, -0.2) is 9.38 Å². The highest BCUT2D eigenvalue weighted by atomic mass is 19.1. The van der Waals surface area contributed by atoms with Crippen LogP contribution in [0.4, 0.5) is 10.1 Å². The Morgan fingerprint density at radius 2 is 1.93 bits per heavy atom. The number of likely N-dealkylation sites (N-methyl/N-ethyl adjacent to an activating group) is 1. The van der Waals surface area contributed by atoms with E-state index in [-0.39, 0.29) is 12.5 Å². The predicted octanol–water partition coefficient (Wildman–Crippen LogP) is 2.49. The van der Waals surface area contributed by atoms with E-state index in [2.05, 4.69) is 43.4 Å². The van der Waals surface area contributed by atoms with Crippen LogP contribution in [0.5, 0.6) is 17.2 Å². The summed E-state index contributed by atoms with van der Waals surface area (Å²) in [4.78, 5) is 16.2. The average molecular weight is 569 g/mol. The number of anilines is 1. The molecule has 12 heteroatoms. The summed E-state index contributed by atoms with van der Waals surface area (Å²) >= 11 is 0. The summed E-state index contributed by atoms with van der Waals surface area (Å²) in [6, 6.07) is 11.3. The minimum absolute atomic E-state index is 0.175. The SMILES string of the molecule is CCN1CCCC1CNC/N=C(\N=C(/N)N1CCN(Cc2ccc3c(c2)OCO3)CC1)Nc1ccc(OC)c(F)c1. The first-order chi connectivity index (χ1) is 20.0. The molecule has 3 aliphatic rings. The number of ether oxygens (including phenoxy) is 3. The van der Waals surface area contributed by atoms with Gasteiger partial charge in [0.2, 0.25) is 12.8 Å². The van der Waals surface area contributed by atoms with Crippen molar-refractivity contribution in [3.8, 4) is 17.2 Å². The van der Waals surface area contributed by atoms with Crippen LogP contribution in [-0.2, 0) is 6.54 Å². The summed E-state index contributed by atoms with van der Waals surface area (Å²) < 4.78 is 30.3. The number of guanidine groups is 2. The molecule has 0 amide bonds. The van der Waals surface area contributed by atoms with Crippen LogP contribution in [0, 0.1) is 5.82 Å². The molecule has 2 aromatic carbocycles. The molecule has 11 nitrogen and oxygen atoms in total. The molecule has 41 heavy (non-hydrogen) atoms. The van der Waals surface area contributed by atoms with Gasteiger partial charge in [-0.1, -0.05) is 13.0 Å². The average Bonchev–Trinajstić information content (AvgIpc) is 3.64. The number of piperazine rings is 1. The summed E-state index contributed by atoms with van der Waals surface area (Å²) in [7, 11) is 1.44. The minimum Gasteiger partial charge on any atom is -0.494 e. The van der Waals surface area contributed by atoms with Crippen molar-refractivity contribution >= 4 is 17.6 Å². The maximum absolute atomic E-state index is 14.4. The van der Waals surface area contributed by atoms with Crippen molar-refractivity contribution in [1.29, 1.82) is 0 Å². The molecule has 0 bridgehead atoms. The van der Waals surface area contributed by atoms with Gasteiger partial charge in [-0.05, 0) is 55.8 Å². The molecule has 0 radical (unpaired) electrons. The number of likely N-dealkylation sites (tertiary alicyclic amines) is 1. The van der Waals surface area contributed by atoms with Crippen molar-refractivity contribution in [1.82, 2.24) is 20.0 Å². The maximum Gasteiger partial charge on any atom is 0.231 e. The van der Waals surface area contributed by atoms with Crippen molar-refractivity contribution in [2.45, 2.75) is 32.4 Å². The first kappa shape index (κ1) is 28.9. The molecule has 3 heterocycles. The fourth-order valence-electron chi connectivity index (χ4n) is 5.49. The van der Waals surface area contributed by atoms with Gasteiger partial charge in [0.1, 0.15) is 0 Å². The van der Waals surface area contributed by atoms with Crippen LogP contribution in [0.3, 0.4) is 0 Å². The van der Waals surface area contributed by atoms with Gasteiger partial charge < -0.3 is 30.2 Å². The molecule has 5 rings (SSSR count). The summed E-state index contributed by atoms with van der Waals surface area (Å²) in [6.07, 6.45) is 2.41. The zero-order valence-electron chi connectivity index (χ0n) is 23.9. The van der Waals surface area contributed by atoms with E-state index in [1.807, 2.05) is 17.0 Å². The summed E-state index contributed by atoms with van der Waals surface area (Å²) in [6.45, 7) is 9.86. The second kappa shape index (κ2) is 13.8. The number of methoxy groups -OCH3 is 1. The van der Waals surface area contributed by atoms with Gasteiger partial charge in [0.05, 0.1) is 13.8 Å². The van der Waals surface area contributed by atoms with E-state index in [4.69, 9.17) is 19.9 Å².